The molecule has 1 atom stereocenters. The second-order valence-electron chi connectivity index (χ2n) is 4.85. The topological polar surface area (TPSA) is 63.4 Å². The number of sulfonamides is 1. The highest BCUT2D eigenvalue weighted by Crippen LogP contribution is 2.24. The summed E-state index contributed by atoms with van der Waals surface area (Å²) in [6.45, 7) is 0. The molecular weight excluding hydrogens is 312 g/mol. The van der Waals surface area contributed by atoms with Crippen LogP contribution in [0.25, 0.3) is 0 Å². The van der Waals surface area contributed by atoms with Gasteiger partial charge in [-0.2, -0.15) is 11.8 Å². The lowest BCUT2D eigenvalue weighted by molar-refractivity contribution is 0.394. The van der Waals surface area contributed by atoms with E-state index in [1.807, 2.05) is 0 Å². The van der Waals surface area contributed by atoms with Crippen molar-refractivity contribution in [1.29, 1.82) is 0 Å². The molecule has 1 fully saturated rings. The quantitative estimate of drug-likeness (QED) is 0.831. The number of hydrogen-bond acceptors (Lipinski definition) is 4. The summed E-state index contributed by atoms with van der Waals surface area (Å²) in [5.74, 6) is 1.89. The zero-order chi connectivity index (χ0) is 14.8. The summed E-state index contributed by atoms with van der Waals surface area (Å²) in [4.78, 5) is 0.282. The van der Waals surface area contributed by atoms with Gasteiger partial charge in [-0.25, -0.2) is 12.7 Å². The van der Waals surface area contributed by atoms with Crippen molar-refractivity contribution >= 4 is 39.0 Å². The first-order chi connectivity index (χ1) is 9.40. The maximum absolute atomic E-state index is 12.4. The highest BCUT2D eigenvalue weighted by molar-refractivity contribution is 7.99. The van der Waals surface area contributed by atoms with E-state index >= 15 is 0 Å². The van der Waals surface area contributed by atoms with Crippen molar-refractivity contribution in [1.82, 2.24) is 4.31 Å². The van der Waals surface area contributed by atoms with Gasteiger partial charge in [0.15, 0.2) is 0 Å². The highest BCUT2D eigenvalue weighted by Gasteiger charge is 2.29. The molecule has 4 nitrogen and oxygen atoms in total. The number of thiocarbonyl (C=S) groups is 1. The third kappa shape index (κ3) is 3.72. The van der Waals surface area contributed by atoms with Gasteiger partial charge >= 0.3 is 0 Å². The standard InChI is InChI=1S/C13H18N2O2S3/c1-15(12-5-6-19-8-12)20(16,17)9-10-3-2-4-11(7-10)13(14)18/h2-4,7,12H,5-6,8-9H2,1H3,(H2,14,18). The van der Waals surface area contributed by atoms with Crippen LogP contribution in [0.1, 0.15) is 17.5 Å². The number of benzene rings is 1. The molecule has 1 saturated heterocycles. The van der Waals surface area contributed by atoms with Crippen LogP contribution >= 0.6 is 24.0 Å². The molecule has 0 saturated carbocycles. The lowest BCUT2D eigenvalue weighted by Gasteiger charge is -2.23. The molecule has 0 bridgehead atoms. The number of nitrogens with zero attached hydrogens (tertiary/aromatic N) is 1. The average Bonchev–Trinajstić information content (AvgIpc) is 2.91. The molecule has 2 N–H and O–H groups in total. The first-order valence-electron chi connectivity index (χ1n) is 6.32. The minimum absolute atomic E-state index is 0.0128. The lowest BCUT2D eigenvalue weighted by atomic mass is 10.1. The number of rotatable bonds is 5. The van der Waals surface area contributed by atoms with Crippen LogP contribution in [-0.2, 0) is 15.8 Å². The Morgan fingerprint density at radius 1 is 1.55 bits per heavy atom. The summed E-state index contributed by atoms with van der Waals surface area (Å²) in [7, 11) is -1.63. The molecule has 0 aliphatic carbocycles. The van der Waals surface area contributed by atoms with Gasteiger partial charge in [0.2, 0.25) is 10.0 Å². The van der Waals surface area contributed by atoms with Crippen LogP contribution in [0.15, 0.2) is 24.3 Å². The molecule has 1 aliphatic rings. The van der Waals surface area contributed by atoms with Crippen LogP contribution < -0.4 is 5.73 Å². The van der Waals surface area contributed by atoms with Crippen molar-refractivity contribution in [3.63, 3.8) is 0 Å². The molecular formula is C13H18N2O2S3. The molecule has 0 amide bonds. The first kappa shape index (κ1) is 15.8. The Balaban J connectivity index is 2.15. The monoisotopic (exact) mass is 330 g/mol. The summed E-state index contributed by atoms with van der Waals surface area (Å²) in [5, 5.41) is 0. The summed E-state index contributed by atoms with van der Waals surface area (Å²) in [6, 6.07) is 7.22. The van der Waals surface area contributed by atoms with Gasteiger partial charge in [0.1, 0.15) is 4.99 Å². The summed E-state index contributed by atoms with van der Waals surface area (Å²) in [5.41, 5.74) is 6.99. The van der Waals surface area contributed by atoms with Gasteiger partial charge in [0.25, 0.3) is 0 Å². The molecule has 1 unspecified atom stereocenters. The van der Waals surface area contributed by atoms with Gasteiger partial charge < -0.3 is 5.73 Å². The molecule has 1 aliphatic heterocycles. The zero-order valence-corrected chi connectivity index (χ0v) is 13.7. The largest absolute Gasteiger partial charge is 0.389 e. The maximum Gasteiger partial charge on any atom is 0.218 e. The fraction of sp³-hybridized carbons (Fsp3) is 0.462. The average molecular weight is 331 g/mol. The van der Waals surface area contributed by atoms with E-state index in [9.17, 15) is 8.42 Å². The van der Waals surface area contributed by atoms with E-state index in [4.69, 9.17) is 18.0 Å². The minimum atomic E-state index is -3.30. The fourth-order valence-corrected chi connectivity index (χ4v) is 5.09. The van der Waals surface area contributed by atoms with Crippen LogP contribution in [0.3, 0.4) is 0 Å². The van der Waals surface area contributed by atoms with Gasteiger partial charge in [0.05, 0.1) is 5.75 Å². The first-order valence-corrected chi connectivity index (χ1v) is 9.49. The predicted octanol–water partition coefficient (Wildman–Crippen LogP) is 1.59. The van der Waals surface area contributed by atoms with Crippen LogP contribution in [0.4, 0.5) is 0 Å². The van der Waals surface area contributed by atoms with Crippen molar-refractivity contribution in [2.24, 2.45) is 5.73 Å². The van der Waals surface area contributed by atoms with Gasteiger partial charge in [-0.15, -0.1) is 0 Å². The van der Waals surface area contributed by atoms with Crippen LogP contribution in [-0.4, -0.2) is 42.3 Å². The van der Waals surface area contributed by atoms with Crippen molar-refractivity contribution < 1.29 is 8.42 Å². The Bertz CT molecular complexity index is 595. The normalized spacial score (nSPS) is 19.4. The van der Waals surface area contributed by atoms with Gasteiger partial charge in [-0.3, -0.25) is 0 Å². The fourth-order valence-electron chi connectivity index (χ4n) is 2.16. The Labute approximate surface area is 129 Å². The van der Waals surface area contributed by atoms with E-state index in [2.05, 4.69) is 0 Å². The number of hydrogen-bond donors (Lipinski definition) is 1. The van der Waals surface area contributed by atoms with Gasteiger partial charge in [0, 0.05) is 24.4 Å². The molecule has 0 spiro atoms. The Kier molecular flexibility index (Phi) is 5.06. The SMILES string of the molecule is CN(C1CCSC1)S(=O)(=O)Cc1cccc(C(N)=S)c1. The van der Waals surface area contributed by atoms with Crippen LogP contribution in [0, 0.1) is 0 Å². The van der Waals surface area contributed by atoms with Crippen LogP contribution in [0.2, 0.25) is 0 Å². The minimum Gasteiger partial charge on any atom is -0.389 e. The second-order valence-corrected chi connectivity index (χ2v) is 8.47. The van der Waals surface area contributed by atoms with Crippen LogP contribution in [0.5, 0.6) is 0 Å². The molecule has 2 rings (SSSR count). The van der Waals surface area contributed by atoms with E-state index in [-0.39, 0.29) is 16.8 Å². The third-order valence-corrected chi connectivity index (χ3v) is 6.67. The third-order valence-electron chi connectivity index (χ3n) is 3.42. The van der Waals surface area contributed by atoms with E-state index in [1.165, 1.54) is 4.31 Å². The highest BCUT2D eigenvalue weighted by atomic mass is 32.2. The summed E-state index contributed by atoms with van der Waals surface area (Å²) < 4.78 is 26.4. The lowest BCUT2D eigenvalue weighted by Crippen LogP contribution is -2.37. The molecule has 0 aromatic heterocycles. The van der Waals surface area contributed by atoms with Crippen molar-refractivity contribution in [2.75, 3.05) is 18.6 Å². The molecule has 20 heavy (non-hydrogen) atoms. The molecule has 7 heteroatoms. The van der Waals surface area contributed by atoms with Crippen molar-refractivity contribution in [3.05, 3.63) is 35.4 Å². The maximum atomic E-state index is 12.4. The van der Waals surface area contributed by atoms with E-state index in [0.29, 0.717) is 11.1 Å². The molecule has 0 radical (unpaired) electrons. The Hall–Kier alpha value is -0.630. The zero-order valence-electron chi connectivity index (χ0n) is 11.3. The van der Waals surface area contributed by atoms with E-state index < -0.39 is 10.0 Å². The van der Waals surface area contributed by atoms with E-state index in [0.717, 1.165) is 17.9 Å². The second kappa shape index (κ2) is 6.43. The predicted molar refractivity (Wildman–Crippen MR) is 88.4 cm³/mol. The van der Waals surface area contributed by atoms with Crippen molar-refractivity contribution in [2.45, 2.75) is 18.2 Å². The number of thioether (sulfide) groups is 1. The van der Waals surface area contributed by atoms with Crippen molar-refractivity contribution in [3.8, 4) is 0 Å². The molecule has 1 heterocycles. The van der Waals surface area contributed by atoms with Gasteiger partial charge in [-0.1, -0.05) is 30.4 Å². The summed E-state index contributed by atoms with van der Waals surface area (Å²) >= 11 is 6.72. The Morgan fingerprint density at radius 2 is 2.30 bits per heavy atom. The Morgan fingerprint density at radius 3 is 2.90 bits per heavy atom. The molecule has 110 valence electrons. The van der Waals surface area contributed by atoms with E-state index in [1.54, 1.807) is 43.1 Å². The molecule has 1 aromatic carbocycles. The molecule has 1 aromatic rings. The smallest absolute Gasteiger partial charge is 0.218 e. The van der Waals surface area contributed by atoms with Gasteiger partial charge in [-0.05, 0) is 23.8 Å². The number of nitrogens with two attached hydrogens (primary N) is 1. The summed E-state index contributed by atoms with van der Waals surface area (Å²) in [6.07, 6.45) is 0.924.